The smallest absolute Gasteiger partial charge is 0.295 e. The van der Waals surface area contributed by atoms with E-state index in [0.29, 0.717) is 19.2 Å². The Morgan fingerprint density at radius 1 is 1.17 bits per heavy atom. The van der Waals surface area contributed by atoms with Crippen LogP contribution in [0.1, 0.15) is 29.6 Å². The van der Waals surface area contributed by atoms with Crippen LogP contribution in [0.4, 0.5) is 21.5 Å². The van der Waals surface area contributed by atoms with Crippen LogP contribution < -0.4 is 11.1 Å². The molecule has 0 spiro atoms. The summed E-state index contributed by atoms with van der Waals surface area (Å²) in [6, 6.07) is 7.03. The number of anilines is 2. The maximum absolute atomic E-state index is 13.7. The van der Waals surface area contributed by atoms with Crippen LogP contribution in [0.15, 0.2) is 41.3 Å². The number of nitro benzene ring substituents is 1. The van der Waals surface area contributed by atoms with Gasteiger partial charge in [-0.1, -0.05) is 12.5 Å². The summed E-state index contributed by atoms with van der Waals surface area (Å²) in [5.74, 6) is -1.88. The molecule has 29 heavy (non-hydrogen) atoms. The molecule has 0 aromatic heterocycles. The number of nitro groups is 1. The lowest BCUT2D eigenvalue weighted by atomic mass is 10.1. The van der Waals surface area contributed by atoms with Crippen LogP contribution in [-0.2, 0) is 10.0 Å². The molecule has 0 atom stereocenters. The second-order valence-corrected chi connectivity index (χ2v) is 8.53. The van der Waals surface area contributed by atoms with Gasteiger partial charge in [-0.25, -0.2) is 12.8 Å². The number of nitrogens with zero attached hydrogens (tertiary/aromatic N) is 2. The molecule has 0 aliphatic carbocycles. The van der Waals surface area contributed by atoms with Crippen LogP contribution in [0, 0.1) is 15.9 Å². The average Bonchev–Trinajstić information content (AvgIpc) is 2.70. The third kappa shape index (κ3) is 4.35. The highest BCUT2D eigenvalue weighted by atomic mass is 32.2. The summed E-state index contributed by atoms with van der Waals surface area (Å²) in [6.45, 7) is 0.866. The monoisotopic (exact) mass is 422 g/mol. The quantitative estimate of drug-likeness (QED) is 0.432. The highest BCUT2D eigenvalue weighted by Crippen LogP contribution is 2.28. The predicted molar refractivity (Wildman–Crippen MR) is 104 cm³/mol. The summed E-state index contributed by atoms with van der Waals surface area (Å²) in [6.07, 6.45) is 2.55. The lowest BCUT2D eigenvalue weighted by Crippen LogP contribution is -2.35. The summed E-state index contributed by atoms with van der Waals surface area (Å²) < 4.78 is 40.6. The minimum Gasteiger partial charge on any atom is -0.393 e. The molecule has 1 aliphatic heterocycles. The van der Waals surface area contributed by atoms with Gasteiger partial charge in [0.25, 0.3) is 11.6 Å². The second kappa shape index (κ2) is 8.13. The minimum absolute atomic E-state index is 0.00962. The van der Waals surface area contributed by atoms with E-state index in [9.17, 15) is 27.7 Å². The van der Waals surface area contributed by atoms with Crippen molar-refractivity contribution in [3.63, 3.8) is 0 Å². The number of nitrogens with two attached hydrogens (primary N) is 1. The number of benzene rings is 2. The molecule has 154 valence electrons. The number of nitrogens with one attached hydrogen (secondary N) is 1. The first kappa shape index (κ1) is 20.7. The Hall–Kier alpha value is -3.05. The Morgan fingerprint density at radius 3 is 2.52 bits per heavy atom. The standard InChI is InChI=1S/C18H19FN4O5S/c19-12-9-15(17(20)16(10-12)23(25)26)18(24)21-13-5-4-6-14(11-13)29(27,28)22-7-2-1-3-8-22/h4-6,9-11H,1-3,7-8,20H2,(H,21,24). The number of carbonyl (C=O) groups is 1. The number of rotatable bonds is 5. The van der Waals surface area contributed by atoms with Crippen molar-refractivity contribution in [3.05, 3.63) is 57.9 Å². The molecule has 9 nitrogen and oxygen atoms in total. The normalized spacial score (nSPS) is 15.1. The van der Waals surface area contributed by atoms with E-state index in [4.69, 9.17) is 5.73 Å². The molecule has 1 amide bonds. The van der Waals surface area contributed by atoms with Gasteiger partial charge in [-0.05, 0) is 37.1 Å². The van der Waals surface area contributed by atoms with Crippen LogP contribution in [0.25, 0.3) is 0 Å². The molecule has 11 heteroatoms. The maximum Gasteiger partial charge on any atom is 0.295 e. The van der Waals surface area contributed by atoms with Crippen molar-refractivity contribution < 1.29 is 22.5 Å². The fraction of sp³-hybridized carbons (Fsp3) is 0.278. The van der Waals surface area contributed by atoms with Crippen molar-refractivity contribution >= 4 is 33.0 Å². The Labute approximate surface area is 166 Å². The number of amides is 1. The van der Waals surface area contributed by atoms with Gasteiger partial charge in [0, 0.05) is 18.8 Å². The predicted octanol–water partition coefficient (Wildman–Crippen LogP) is 2.74. The number of nitrogen functional groups attached to an aromatic ring is 1. The van der Waals surface area contributed by atoms with E-state index < -0.39 is 43.6 Å². The zero-order chi connectivity index (χ0) is 21.2. The van der Waals surface area contributed by atoms with Gasteiger partial charge < -0.3 is 11.1 Å². The van der Waals surface area contributed by atoms with Crippen molar-refractivity contribution in [3.8, 4) is 0 Å². The third-order valence-corrected chi connectivity index (χ3v) is 6.50. The number of piperidine rings is 1. The van der Waals surface area contributed by atoms with Gasteiger partial charge in [0.2, 0.25) is 10.0 Å². The molecular formula is C18H19FN4O5S. The van der Waals surface area contributed by atoms with E-state index in [0.717, 1.165) is 25.3 Å². The van der Waals surface area contributed by atoms with Crippen LogP contribution in [0.2, 0.25) is 0 Å². The first-order chi connectivity index (χ1) is 13.7. The molecule has 0 radical (unpaired) electrons. The van der Waals surface area contributed by atoms with Crippen LogP contribution in [0.5, 0.6) is 0 Å². The molecule has 0 unspecified atom stereocenters. The molecule has 0 saturated carbocycles. The number of hydrogen-bond acceptors (Lipinski definition) is 6. The first-order valence-electron chi connectivity index (χ1n) is 8.85. The zero-order valence-electron chi connectivity index (χ0n) is 15.3. The number of carbonyl (C=O) groups excluding carboxylic acids is 1. The topological polar surface area (TPSA) is 136 Å². The third-order valence-electron chi connectivity index (χ3n) is 4.61. The number of halogens is 1. The first-order valence-corrected chi connectivity index (χ1v) is 10.3. The van der Waals surface area contributed by atoms with Gasteiger partial charge in [-0.15, -0.1) is 0 Å². The van der Waals surface area contributed by atoms with Crippen LogP contribution >= 0.6 is 0 Å². The van der Waals surface area contributed by atoms with Crippen LogP contribution in [0.3, 0.4) is 0 Å². The van der Waals surface area contributed by atoms with E-state index in [1.807, 2.05) is 0 Å². The fourth-order valence-corrected chi connectivity index (χ4v) is 4.69. The lowest BCUT2D eigenvalue weighted by Gasteiger charge is -2.26. The molecule has 1 heterocycles. The molecule has 3 N–H and O–H groups in total. The average molecular weight is 422 g/mol. The van der Waals surface area contributed by atoms with Crippen molar-refractivity contribution in [1.29, 1.82) is 0 Å². The Bertz CT molecular complexity index is 1070. The summed E-state index contributed by atoms with van der Waals surface area (Å²) in [5, 5.41) is 13.4. The van der Waals surface area contributed by atoms with Gasteiger partial charge in [-0.2, -0.15) is 4.31 Å². The van der Waals surface area contributed by atoms with Crippen molar-refractivity contribution in [2.75, 3.05) is 24.1 Å². The van der Waals surface area contributed by atoms with Crippen molar-refractivity contribution in [1.82, 2.24) is 4.31 Å². The molecule has 1 aliphatic rings. The summed E-state index contributed by atoms with van der Waals surface area (Å²) in [4.78, 5) is 22.6. The maximum atomic E-state index is 13.7. The summed E-state index contributed by atoms with van der Waals surface area (Å²) in [5.41, 5.74) is 4.15. The van der Waals surface area contributed by atoms with Gasteiger partial charge in [0.15, 0.2) is 0 Å². The highest BCUT2D eigenvalue weighted by Gasteiger charge is 2.26. The molecule has 3 rings (SSSR count). The molecule has 2 aromatic carbocycles. The second-order valence-electron chi connectivity index (χ2n) is 6.59. The zero-order valence-corrected chi connectivity index (χ0v) is 16.1. The fourth-order valence-electron chi connectivity index (χ4n) is 3.13. The van der Waals surface area contributed by atoms with Crippen molar-refractivity contribution in [2.24, 2.45) is 0 Å². The number of hydrogen-bond donors (Lipinski definition) is 2. The van der Waals surface area contributed by atoms with Crippen LogP contribution in [-0.4, -0.2) is 36.6 Å². The SMILES string of the molecule is Nc1c(C(=O)Nc2cccc(S(=O)(=O)N3CCCCC3)c2)cc(F)cc1[N+](=O)[O-]. The summed E-state index contributed by atoms with van der Waals surface area (Å²) >= 11 is 0. The van der Waals surface area contributed by atoms with E-state index in [-0.39, 0.29) is 10.6 Å². The summed E-state index contributed by atoms with van der Waals surface area (Å²) in [7, 11) is -3.71. The van der Waals surface area contributed by atoms with Gasteiger partial charge in [0.05, 0.1) is 21.4 Å². The van der Waals surface area contributed by atoms with E-state index in [1.54, 1.807) is 0 Å². The van der Waals surface area contributed by atoms with E-state index in [1.165, 1.54) is 28.6 Å². The van der Waals surface area contributed by atoms with Gasteiger partial charge in [0.1, 0.15) is 11.5 Å². The molecule has 1 saturated heterocycles. The molecular weight excluding hydrogens is 403 g/mol. The van der Waals surface area contributed by atoms with Gasteiger partial charge >= 0.3 is 0 Å². The lowest BCUT2D eigenvalue weighted by molar-refractivity contribution is -0.384. The largest absolute Gasteiger partial charge is 0.393 e. The van der Waals surface area contributed by atoms with E-state index in [2.05, 4.69) is 5.32 Å². The minimum atomic E-state index is -3.71. The van der Waals surface area contributed by atoms with E-state index >= 15 is 0 Å². The highest BCUT2D eigenvalue weighted by molar-refractivity contribution is 7.89. The molecule has 1 fully saturated rings. The molecule has 2 aromatic rings. The Morgan fingerprint density at radius 2 is 1.86 bits per heavy atom. The number of sulfonamides is 1. The molecule has 0 bridgehead atoms. The Balaban J connectivity index is 1.88. The van der Waals surface area contributed by atoms with Crippen molar-refractivity contribution in [2.45, 2.75) is 24.2 Å². The van der Waals surface area contributed by atoms with Gasteiger partial charge in [-0.3, -0.25) is 14.9 Å². The Kier molecular flexibility index (Phi) is 5.80.